The van der Waals surface area contributed by atoms with Gasteiger partial charge in [-0.2, -0.15) is 0 Å². The van der Waals surface area contributed by atoms with Crippen LogP contribution < -0.4 is 0 Å². The van der Waals surface area contributed by atoms with Gasteiger partial charge in [0.2, 0.25) is 11.1 Å². The van der Waals surface area contributed by atoms with Crippen molar-refractivity contribution in [2.75, 3.05) is 7.05 Å². The van der Waals surface area contributed by atoms with E-state index in [-0.39, 0.29) is 11.1 Å². The first-order valence-corrected chi connectivity index (χ1v) is 6.43. The minimum Gasteiger partial charge on any atom is -0.343 e. The van der Waals surface area contributed by atoms with Gasteiger partial charge < -0.3 is 4.90 Å². The molecular formula is C12H20ClNO2. The van der Waals surface area contributed by atoms with Crippen molar-refractivity contribution in [1.29, 1.82) is 0 Å². The molecule has 0 aromatic rings. The molecular weight excluding hydrogens is 226 g/mol. The molecule has 0 N–H and O–H groups in total. The van der Waals surface area contributed by atoms with Gasteiger partial charge in [-0.3, -0.25) is 9.59 Å². The van der Waals surface area contributed by atoms with Crippen molar-refractivity contribution in [2.24, 2.45) is 0 Å². The van der Waals surface area contributed by atoms with Crippen LogP contribution in [-0.2, 0) is 9.59 Å². The molecule has 0 unspecified atom stereocenters. The van der Waals surface area contributed by atoms with Crippen molar-refractivity contribution in [1.82, 2.24) is 4.90 Å². The highest BCUT2D eigenvalue weighted by atomic mass is 35.5. The summed E-state index contributed by atoms with van der Waals surface area (Å²) in [4.78, 5) is 24.2. The van der Waals surface area contributed by atoms with Gasteiger partial charge in [-0.15, -0.1) is 0 Å². The van der Waals surface area contributed by atoms with E-state index < -0.39 is 0 Å². The van der Waals surface area contributed by atoms with Gasteiger partial charge in [-0.25, -0.2) is 0 Å². The molecule has 1 aliphatic rings. The second-order valence-corrected chi connectivity index (χ2v) is 4.93. The summed E-state index contributed by atoms with van der Waals surface area (Å²) in [5.41, 5.74) is 0. The van der Waals surface area contributed by atoms with Gasteiger partial charge in [0.05, 0.1) is 0 Å². The summed E-state index contributed by atoms with van der Waals surface area (Å²) in [7, 11) is 1.88. The van der Waals surface area contributed by atoms with Crippen molar-refractivity contribution in [3.63, 3.8) is 0 Å². The summed E-state index contributed by atoms with van der Waals surface area (Å²) >= 11 is 5.23. The fourth-order valence-electron chi connectivity index (χ4n) is 2.23. The minimum absolute atomic E-state index is 0.143. The third-order valence-corrected chi connectivity index (χ3v) is 3.47. The Hall–Kier alpha value is -0.570. The summed E-state index contributed by atoms with van der Waals surface area (Å²) in [5, 5.41) is -0.354. The van der Waals surface area contributed by atoms with Crippen molar-refractivity contribution in [3.8, 4) is 0 Å². The monoisotopic (exact) mass is 245 g/mol. The zero-order valence-corrected chi connectivity index (χ0v) is 10.6. The summed E-state index contributed by atoms with van der Waals surface area (Å²) < 4.78 is 0. The Bertz CT molecular complexity index is 249. The van der Waals surface area contributed by atoms with Gasteiger partial charge in [0.25, 0.3) is 0 Å². The van der Waals surface area contributed by atoms with E-state index in [0.29, 0.717) is 25.3 Å². The van der Waals surface area contributed by atoms with E-state index in [9.17, 15) is 9.59 Å². The van der Waals surface area contributed by atoms with Crippen LogP contribution in [0.2, 0.25) is 0 Å². The average Bonchev–Trinajstić information content (AvgIpc) is 2.28. The second-order valence-electron chi connectivity index (χ2n) is 4.51. The van der Waals surface area contributed by atoms with E-state index in [0.717, 1.165) is 12.8 Å². The smallest absolute Gasteiger partial charge is 0.222 e. The Labute approximate surface area is 102 Å². The molecule has 0 radical (unpaired) electrons. The van der Waals surface area contributed by atoms with Crippen LogP contribution in [0.1, 0.15) is 51.4 Å². The van der Waals surface area contributed by atoms with E-state index in [1.54, 1.807) is 0 Å². The normalized spacial score (nSPS) is 17.1. The average molecular weight is 246 g/mol. The van der Waals surface area contributed by atoms with Crippen LogP contribution in [0, 0.1) is 0 Å². The molecule has 4 heteroatoms. The molecule has 1 saturated carbocycles. The topological polar surface area (TPSA) is 37.4 Å². The van der Waals surface area contributed by atoms with Gasteiger partial charge in [0.1, 0.15) is 0 Å². The van der Waals surface area contributed by atoms with Crippen molar-refractivity contribution in [2.45, 2.75) is 57.4 Å². The lowest BCUT2D eigenvalue weighted by Crippen LogP contribution is -2.38. The highest BCUT2D eigenvalue weighted by Crippen LogP contribution is 2.22. The lowest BCUT2D eigenvalue weighted by atomic mass is 9.94. The molecule has 1 aliphatic carbocycles. The molecule has 0 atom stereocenters. The summed E-state index contributed by atoms with van der Waals surface area (Å²) in [5.74, 6) is 0.143. The maximum atomic E-state index is 11.8. The van der Waals surface area contributed by atoms with Gasteiger partial charge >= 0.3 is 0 Å². The lowest BCUT2D eigenvalue weighted by Gasteiger charge is -2.31. The van der Waals surface area contributed by atoms with Crippen LogP contribution in [0.25, 0.3) is 0 Å². The Morgan fingerprint density at radius 2 is 1.81 bits per heavy atom. The van der Waals surface area contributed by atoms with E-state index in [1.807, 2.05) is 11.9 Å². The number of nitrogens with zero attached hydrogens (tertiary/aromatic N) is 1. The molecule has 0 spiro atoms. The predicted molar refractivity (Wildman–Crippen MR) is 64.4 cm³/mol. The van der Waals surface area contributed by atoms with Crippen LogP contribution >= 0.6 is 11.6 Å². The molecule has 1 rings (SSSR count). The highest BCUT2D eigenvalue weighted by molar-refractivity contribution is 6.63. The fraction of sp³-hybridized carbons (Fsp3) is 0.833. The molecule has 16 heavy (non-hydrogen) atoms. The molecule has 3 nitrogen and oxygen atoms in total. The molecule has 0 aromatic heterocycles. The van der Waals surface area contributed by atoms with Crippen molar-refractivity contribution < 1.29 is 9.59 Å². The minimum atomic E-state index is -0.354. The summed E-state index contributed by atoms with van der Waals surface area (Å²) in [6.07, 6.45) is 7.28. The van der Waals surface area contributed by atoms with E-state index >= 15 is 0 Å². The molecule has 92 valence electrons. The summed E-state index contributed by atoms with van der Waals surface area (Å²) in [6.45, 7) is 0. The molecule has 1 amide bonds. The van der Waals surface area contributed by atoms with Gasteiger partial charge in [-0.05, 0) is 30.9 Å². The Kier molecular flexibility index (Phi) is 5.81. The van der Waals surface area contributed by atoms with Gasteiger partial charge in [0, 0.05) is 25.9 Å². The number of carbonyl (C=O) groups excluding carboxylic acids is 2. The third-order valence-electron chi connectivity index (χ3n) is 3.28. The highest BCUT2D eigenvalue weighted by Gasteiger charge is 2.21. The maximum Gasteiger partial charge on any atom is 0.222 e. The van der Waals surface area contributed by atoms with Crippen LogP contribution in [0.15, 0.2) is 0 Å². The van der Waals surface area contributed by atoms with Gasteiger partial charge in [0.15, 0.2) is 0 Å². The van der Waals surface area contributed by atoms with Crippen molar-refractivity contribution in [3.05, 3.63) is 0 Å². The molecule has 0 saturated heterocycles. The molecule has 0 bridgehead atoms. The molecule has 0 aliphatic heterocycles. The SMILES string of the molecule is CN(C(=O)CCCC(=O)Cl)C1CCCCC1. The Morgan fingerprint density at radius 1 is 1.19 bits per heavy atom. The number of hydrogen-bond acceptors (Lipinski definition) is 2. The first-order valence-electron chi connectivity index (χ1n) is 6.05. The third kappa shape index (κ3) is 4.52. The van der Waals surface area contributed by atoms with E-state index in [2.05, 4.69) is 0 Å². The molecule has 0 heterocycles. The van der Waals surface area contributed by atoms with Crippen LogP contribution in [0.3, 0.4) is 0 Å². The second kappa shape index (κ2) is 6.89. The predicted octanol–water partition coefficient (Wildman–Crippen LogP) is 2.71. The van der Waals surface area contributed by atoms with E-state index in [4.69, 9.17) is 11.6 Å². The molecule has 0 aromatic carbocycles. The Morgan fingerprint density at radius 3 is 2.38 bits per heavy atom. The number of carbonyl (C=O) groups is 2. The van der Waals surface area contributed by atoms with E-state index in [1.165, 1.54) is 19.3 Å². The maximum absolute atomic E-state index is 11.8. The number of hydrogen-bond donors (Lipinski definition) is 0. The lowest BCUT2D eigenvalue weighted by molar-refractivity contribution is -0.132. The Balaban J connectivity index is 2.26. The largest absolute Gasteiger partial charge is 0.343 e. The van der Waals surface area contributed by atoms with Crippen LogP contribution in [-0.4, -0.2) is 29.1 Å². The quantitative estimate of drug-likeness (QED) is 0.699. The van der Waals surface area contributed by atoms with Gasteiger partial charge in [-0.1, -0.05) is 19.3 Å². The first-order chi connectivity index (χ1) is 7.61. The zero-order valence-electron chi connectivity index (χ0n) is 9.88. The first kappa shape index (κ1) is 13.5. The standard InChI is InChI=1S/C12H20ClNO2/c1-14(10-6-3-2-4-7-10)12(16)9-5-8-11(13)15/h10H,2-9H2,1H3. The van der Waals surface area contributed by atoms with Crippen LogP contribution in [0.4, 0.5) is 0 Å². The van der Waals surface area contributed by atoms with Crippen molar-refractivity contribution >= 4 is 22.8 Å². The zero-order chi connectivity index (χ0) is 12.0. The fourth-order valence-corrected chi connectivity index (χ4v) is 2.36. The van der Waals surface area contributed by atoms with Crippen LogP contribution in [0.5, 0.6) is 0 Å². The number of amides is 1. The summed E-state index contributed by atoms with van der Waals surface area (Å²) in [6, 6.07) is 0.410. The number of halogens is 1. The number of rotatable bonds is 5. The molecule has 1 fully saturated rings.